The average molecular weight is 420 g/mol. The molecule has 31 heavy (non-hydrogen) atoms. The number of nitrogens with zero attached hydrogens (tertiary/aromatic N) is 4. The summed E-state index contributed by atoms with van der Waals surface area (Å²) in [5.41, 5.74) is 5.47. The predicted octanol–water partition coefficient (Wildman–Crippen LogP) is 3.82. The van der Waals surface area contributed by atoms with Gasteiger partial charge in [0.15, 0.2) is 5.65 Å². The van der Waals surface area contributed by atoms with Crippen LogP contribution in [0, 0.1) is 0 Å². The van der Waals surface area contributed by atoms with Crippen molar-refractivity contribution in [1.82, 2.24) is 19.6 Å². The topological polar surface area (TPSA) is 84.6 Å². The highest BCUT2D eigenvalue weighted by Gasteiger charge is 2.29. The molecule has 0 fully saturated rings. The van der Waals surface area contributed by atoms with Gasteiger partial charge in [-0.15, -0.1) is 0 Å². The van der Waals surface area contributed by atoms with Gasteiger partial charge >= 0.3 is 0 Å². The molecule has 2 N–H and O–H groups in total. The van der Waals surface area contributed by atoms with Crippen molar-refractivity contribution in [2.75, 3.05) is 18.5 Å². The highest BCUT2D eigenvalue weighted by atomic mass is 16.5. The number of aliphatic hydroxyl groups excluding tert-OH is 1. The van der Waals surface area contributed by atoms with Crippen molar-refractivity contribution < 1.29 is 9.84 Å². The first-order valence-electron chi connectivity index (χ1n) is 11.2. The number of hydrogen-bond acceptors (Lipinski definition) is 6. The van der Waals surface area contributed by atoms with Gasteiger partial charge in [0.05, 0.1) is 24.9 Å². The van der Waals surface area contributed by atoms with Crippen LogP contribution in [0.4, 0.5) is 5.95 Å². The van der Waals surface area contributed by atoms with Crippen molar-refractivity contribution in [3.05, 3.63) is 65.1 Å². The maximum absolute atomic E-state index is 10.5. The molecule has 162 valence electrons. The molecular formula is C24H29N5O2. The van der Waals surface area contributed by atoms with Gasteiger partial charge in [-0.25, -0.2) is 9.97 Å². The summed E-state index contributed by atoms with van der Waals surface area (Å²) < 4.78 is 7.50. The fourth-order valence-corrected chi connectivity index (χ4v) is 4.68. The van der Waals surface area contributed by atoms with Crippen molar-refractivity contribution in [2.24, 2.45) is 0 Å². The lowest BCUT2D eigenvalue weighted by molar-refractivity contribution is 0.126. The summed E-state index contributed by atoms with van der Waals surface area (Å²) in [4.78, 5) is 8.97. The lowest BCUT2D eigenvalue weighted by atomic mass is 10.0. The van der Waals surface area contributed by atoms with Gasteiger partial charge in [-0.1, -0.05) is 43.7 Å². The van der Waals surface area contributed by atoms with Crippen LogP contribution in [0.5, 0.6) is 0 Å². The van der Waals surface area contributed by atoms with Crippen molar-refractivity contribution in [1.29, 1.82) is 0 Å². The van der Waals surface area contributed by atoms with Crippen LogP contribution in [0.1, 0.15) is 61.3 Å². The highest BCUT2D eigenvalue weighted by Crippen LogP contribution is 2.36. The van der Waals surface area contributed by atoms with Crippen LogP contribution < -0.4 is 5.32 Å². The number of anilines is 1. The fourth-order valence-electron chi connectivity index (χ4n) is 4.68. The summed E-state index contributed by atoms with van der Waals surface area (Å²) in [5.74, 6) is 0.774. The molecule has 3 atom stereocenters. The Bertz CT molecular complexity index is 1090. The molecule has 0 radical (unpaired) electrons. The number of benzene rings is 1. The van der Waals surface area contributed by atoms with Gasteiger partial charge in [0, 0.05) is 18.1 Å². The van der Waals surface area contributed by atoms with E-state index in [1.807, 2.05) is 6.20 Å². The molecular weight excluding hydrogens is 390 g/mol. The number of rotatable bonds is 8. The zero-order valence-electron chi connectivity index (χ0n) is 17.9. The number of aliphatic hydroxyl groups is 1. The number of unbranched alkanes of at least 4 members (excludes halogenated alkanes) is 1. The van der Waals surface area contributed by atoms with E-state index in [0.29, 0.717) is 19.0 Å². The van der Waals surface area contributed by atoms with Crippen LogP contribution in [-0.2, 0) is 11.2 Å². The molecule has 7 nitrogen and oxygen atoms in total. The lowest BCUT2D eigenvalue weighted by Crippen LogP contribution is -2.13. The average Bonchev–Trinajstić information content (AvgIpc) is 3.49. The molecule has 3 aromatic rings. The summed E-state index contributed by atoms with van der Waals surface area (Å²) in [6.45, 7) is 3.36. The minimum Gasteiger partial charge on any atom is -0.389 e. The number of nitrogens with one attached hydrogen (secondary N) is 1. The Hall–Kier alpha value is -2.77. The van der Waals surface area contributed by atoms with Gasteiger partial charge in [-0.3, -0.25) is 0 Å². The molecule has 0 saturated heterocycles. The molecule has 7 heteroatoms. The van der Waals surface area contributed by atoms with Crippen LogP contribution >= 0.6 is 0 Å². The molecule has 2 aliphatic carbocycles. The SMILES string of the molecule is CCCCOCC1=C[C@@H](c2cnn3c(N[C@H]4CCc5ccccc54)ncnc23)C[C@@H]1O. The van der Waals surface area contributed by atoms with Gasteiger partial charge in [0.1, 0.15) is 6.33 Å². The normalized spacial score (nSPS) is 22.6. The standard InChI is InChI=1S/C24H29N5O2/c1-2-3-10-31-14-18-11-17(12-22(18)30)20-13-27-29-23(20)25-15-26-24(29)28-21-9-8-16-6-4-5-7-19(16)21/h4-7,11,13,15,17,21-22,30H,2-3,8-10,12,14H2,1H3,(H,25,26,28)/t17-,21+,22+/m1/s1. The second kappa shape index (κ2) is 8.77. The molecule has 1 aromatic carbocycles. The number of fused-ring (bicyclic) bond motifs is 2. The summed E-state index contributed by atoms with van der Waals surface area (Å²) in [6, 6.07) is 8.78. The summed E-state index contributed by atoms with van der Waals surface area (Å²) in [6.07, 6.45) is 9.98. The molecule has 5 rings (SSSR count). The number of ether oxygens (including phenoxy) is 1. The van der Waals surface area contributed by atoms with E-state index in [1.54, 1.807) is 10.8 Å². The molecule has 0 amide bonds. The molecule has 0 spiro atoms. The molecule has 2 aromatic heterocycles. The van der Waals surface area contributed by atoms with Gasteiger partial charge < -0.3 is 15.2 Å². The Kier molecular flexibility index (Phi) is 5.70. The second-order valence-electron chi connectivity index (χ2n) is 8.47. The van der Waals surface area contributed by atoms with Gasteiger partial charge in [-0.05, 0) is 42.4 Å². The van der Waals surface area contributed by atoms with Crippen molar-refractivity contribution in [2.45, 2.75) is 57.1 Å². The first-order valence-corrected chi connectivity index (χ1v) is 11.2. The molecule has 0 bridgehead atoms. The van der Waals surface area contributed by atoms with E-state index in [4.69, 9.17) is 4.74 Å². The maximum Gasteiger partial charge on any atom is 0.227 e. The van der Waals surface area contributed by atoms with Gasteiger partial charge in [0.2, 0.25) is 5.95 Å². The van der Waals surface area contributed by atoms with Gasteiger partial charge in [0.25, 0.3) is 0 Å². The Morgan fingerprint density at radius 3 is 3.03 bits per heavy atom. The first-order chi connectivity index (χ1) is 15.2. The van der Waals surface area contributed by atoms with E-state index in [-0.39, 0.29) is 12.0 Å². The summed E-state index contributed by atoms with van der Waals surface area (Å²) in [5, 5.41) is 18.7. The minimum absolute atomic E-state index is 0.0761. The maximum atomic E-state index is 10.5. The minimum atomic E-state index is -0.476. The van der Waals surface area contributed by atoms with Crippen LogP contribution in [0.15, 0.2) is 48.4 Å². The van der Waals surface area contributed by atoms with E-state index in [2.05, 4.69) is 57.6 Å². The van der Waals surface area contributed by atoms with Gasteiger partial charge in [-0.2, -0.15) is 9.61 Å². The van der Waals surface area contributed by atoms with Crippen LogP contribution in [0.2, 0.25) is 0 Å². The van der Waals surface area contributed by atoms with Crippen LogP contribution in [0.25, 0.3) is 5.65 Å². The molecule has 2 aliphatic rings. The summed E-state index contributed by atoms with van der Waals surface area (Å²) >= 11 is 0. The third-order valence-electron chi connectivity index (χ3n) is 6.40. The van der Waals surface area contributed by atoms with E-state index < -0.39 is 6.10 Å². The molecule has 0 saturated carbocycles. The van der Waals surface area contributed by atoms with E-state index in [1.165, 1.54) is 11.1 Å². The summed E-state index contributed by atoms with van der Waals surface area (Å²) in [7, 11) is 0. The second-order valence-corrected chi connectivity index (χ2v) is 8.47. The Morgan fingerprint density at radius 1 is 1.23 bits per heavy atom. The first kappa shape index (κ1) is 20.2. The number of allylic oxidation sites excluding steroid dienone is 1. The highest BCUT2D eigenvalue weighted by molar-refractivity contribution is 5.54. The Labute approximate surface area is 182 Å². The Balaban J connectivity index is 1.36. The lowest BCUT2D eigenvalue weighted by Gasteiger charge is -2.15. The zero-order chi connectivity index (χ0) is 21.2. The largest absolute Gasteiger partial charge is 0.389 e. The van der Waals surface area contributed by atoms with Crippen LogP contribution in [-0.4, -0.2) is 44.0 Å². The third kappa shape index (κ3) is 3.95. The Morgan fingerprint density at radius 2 is 2.13 bits per heavy atom. The van der Waals surface area contributed by atoms with Crippen molar-refractivity contribution in [3.8, 4) is 0 Å². The predicted molar refractivity (Wildman–Crippen MR) is 119 cm³/mol. The van der Waals surface area contributed by atoms with E-state index >= 15 is 0 Å². The third-order valence-corrected chi connectivity index (χ3v) is 6.40. The van der Waals surface area contributed by atoms with Crippen LogP contribution in [0.3, 0.4) is 0 Å². The number of hydrogen-bond donors (Lipinski definition) is 2. The number of aromatic nitrogens is 4. The quantitative estimate of drug-likeness (QED) is 0.427. The molecule has 0 unspecified atom stereocenters. The molecule has 2 heterocycles. The fraction of sp³-hybridized carbons (Fsp3) is 0.458. The smallest absolute Gasteiger partial charge is 0.227 e. The number of aryl methyl sites for hydroxylation is 1. The molecule has 0 aliphatic heterocycles. The zero-order valence-corrected chi connectivity index (χ0v) is 17.9. The van der Waals surface area contributed by atoms with Crippen molar-refractivity contribution >= 4 is 11.6 Å². The monoisotopic (exact) mass is 419 g/mol. The van der Waals surface area contributed by atoms with E-state index in [0.717, 1.165) is 49.1 Å². The van der Waals surface area contributed by atoms with Crippen molar-refractivity contribution in [3.63, 3.8) is 0 Å². The van der Waals surface area contributed by atoms with E-state index in [9.17, 15) is 5.11 Å².